The van der Waals surface area contributed by atoms with E-state index in [1.807, 2.05) is 0 Å². The maximum absolute atomic E-state index is 9.61. The molecular formula is C4H7N2O. The van der Waals surface area contributed by atoms with Crippen molar-refractivity contribution in [3.05, 3.63) is 12.7 Å². The van der Waals surface area contributed by atoms with Crippen molar-refractivity contribution < 1.29 is 4.79 Å². The third-order valence-electron chi connectivity index (χ3n) is 0.515. The molecule has 0 aromatic rings. The second-order valence-electron chi connectivity index (χ2n) is 1.24. The SMILES string of the molecule is C=CC(N)(N)[C]=O. The maximum atomic E-state index is 9.61. The van der Waals surface area contributed by atoms with Gasteiger partial charge in [-0.05, 0) is 6.08 Å². The smallest absolute Gasteiger partial charge is 0.240 e. The molecule has 0 saturated heterocycles. The summed E-state index contributed by atoms with van der Waals surface area (Å²) in [4.78, 5) is 9.61. The van der Waals surface area contributed by atoms with Crippen molar-refractivity contribution in [2.75, 3.05) is 0 Å². The Morgan fingerprint density at radius 1 is 1.71 bits per heavy atom. The van der Waals surface area contributed by atoms with Crippen LogP contribution in [0.25, 0.3) is 0 Å². The predicted molar refractivity (Wildman–Crippen MR) is 27.0 cm³/mol. The summed E-state index contributed by atoms with van der Waals surface area (Å²) >= 11 is 0. The molecule has 7 heavy (non-hydrogen) atoms. The Morgan fingerprint density at radius 3 is 2.14 bits per heavy atom. The van der Waals surface area contributed by atoms with Gasteiger partial charge in [0.2, 0.25) is 6.29 Å². The molecule has 0 aromatic carbocycles. The van der Waals surface area contributed by atoms with Crippen LogP contribution in [0.4, 0.5) is 0 Å². The Bertz CT molecular complexity index is 77.7. The first-order chi connectivity index (χ1) is 3.12. The molecule has 0 bridgehead atoms. The van der Waals surface area contributed by atoms with Gasteiger partial charge in [0.15, 0.2) is 5.66 Å². The van der Waals surface area contributed by atoms with Gasteiger partial charge in [-0.15, -0.1) is 0 Å². The normalized spacial score (nSPS) is 10.6. The minimum Gasteiger partial charge on any atom is -0.303 e. The van der Waals surface area contributed by atoms with Gasteiger partial charge < -0.3 is 11.5 Å². The minimum absolute atomic E-state index is 1.12. The van der Waals surface area contributed by atoms with E-state index in [-0.39, 0.29) is 0 Å². The Balaban J connectivity index is 3.82. The number of hydrogen-bond donors (Lipinski definition) is 2. The summed E-state index contributed by atoms with van der Waals surface area (Å²) < 4.78 is 0. The summed E-state index contributed by atoms with van der Waals surface area (Å²) in [7, 11) is 0. The zero-order valence-corrected chi connectivity index (χ0v) is 3.85. The van der Waals surface area contributed by atoms with Crippen molar-refractivity contribution in [2.45, 2.75) is 5.66 Å². The van der Waals surface area contributed by atoms with Crippen LogP contribution in [0.2, 0.25) is 0 Å². The first-order valence-electron chi connectivity index (χ1n) is 1.73. The van der Waals surface area contributed by atoms with Crippen LogP contribution in [0.15, 0.2) is 12.7 Å². The Labute approximate surface area is 42.0 Å². The molecule has 0 unspecified atom stereocenters. The van der Waals surface area contributed by atoms with Gasteiger partial charge in [0.05, 0.1) is 0 Å². The number of nitrogens with two attached hydrogens (primary N) is 2. The highest BCUT2D eigenvalue weighted by molar-refractivity contribution is 5.66. The second-order valence-corrected chi connectivity index (χ2v) is 1.24. The summed E-state index contributed by atoms with van der Waals surface area (Å²) in [6.07, 6.45) is 2.50. The summed E-state index contributed by atoms with van der Waals surface area (Å²) in [6.45, 7) is 3.19. The topological polar surface area (TPSA) is 69.1 Å². The molecule has 0 rings (SSSR count). The molecule has 1 radical (unpaired) electrons. The molecular weight excluding hydrogens is 92.1 g/mol. The van der Waals surface area contributed by atoms with Gasteiger partial charge in [-0.3, -0.25) is 4.79 Å². The lowest BCUT2D eigenvalue weighted by molar-refractivity contribution is 0.523. The third kappa shape index (κ3) is 2.08. The zero-order valence-electron chi connectivity index (χ0n) is 3.85. The van der Waals surface area contributed by atoms with Crippen LogP contribution in [-0.4, -0.2) is 11.9 Å². The van der Waals surface area contributed by atoms with E-state index in [2.05, 4.69) is 6.58 Å². The number of carbonyl (C=O) groups excluding carboxylic acids is 1. The van der Waals surface area contributed by atoms with Crippen LogP contribution in [0.1, 0.15) is 0 Å². The van der Waals surface area contributed by atoms with E-state index >= 15 is 0 Å². The minimum atomic E-state index is -1.46. The van der Waals surface area contributed by atoms with Gasteiger partial charge in [-0.2, -0.15) is 0 Å². The van der Waals surface area contributed by atoms with Gasteiger partial charge in [0, 0.05) is 0 Å². The van der Waals surface area contributed by atoms with Crippen molar-refractivity contribution in [3.8, 4) is 0 Å². The Kier molecular flexibility index (Phi) is 1.68. The summed E-state index contributed by atoms with van der Waals surface area (Å²) in [5.41, 5.74) is 8.44. The molecule has 0 aromatic heterocycles. The van der Waals surface area contributed by atoms with Crippen molar-refractivity contribution in [1.82, 2.24) is 0 Å². The van der Waals surface area contributed by atoms with Crippen molar-refractivity contribution in [1.29, 1.82) is 0 Å². The second kappa shape index (κ2) is 1.86. The van der Waals surface area contributed by atoms with Crippen LogP contribution in [0, 0.1) is 0 Å². The Hall–Kier alpha value is -0.670. The molecule has 0 heterocycles. The molecule has 0 atom stereocenters. The molecule has 0 amide bonds. The third-order valence-corrected chi connectivity index (χ3v) is 0.515. The van der Waals surface area contributed by atoms with Crippen molar-refractivity contribution >= 4 is 6.29 Å². The fraction of sp³-hybridized carbons (Fsp3) is 0.250. The van der Waals surface area contributed by atoms with Crippen molar-refractivity contribution in [2.24, 2.45) is 11.5 Å². The first-order valence-corrected chi connectivity index (χ1v) is 1.73. The summed E-state index contributed by atoms with van der Waals surface area (Å²) in [6, 6.07) is 0. The number of hydrogen-bond acceptors (Lipinski definition) is 3. The molecule has 0 spiro atoms. The van der Waals surface area contributed by atoms with Gasteiger partial charge in [-0.25, -0.2) is 0 Å². The van der Waals surface area contributed by atoms with Crippen LogP contribution < -0.4 is 11.5 Å². The van der Waals surface area contributed by atoms with E-state index in [4.69, 9.17) is 11.5 Å². The monoisotopic (exact) mass is 99.1 g/mol. The first kappa shape index (κ1) is 6.33. The maximum Gasteiger partial charge on any atom is 0.240 e. The van der Waals surface area contributed by atoms with E-state index in [1.54, 1.807) is 0 Å². The highest BCUT2D eigenvalue weighted by atomic mass is 16.1. The van der Waals surface area contributed by atoms with Crippen LogP contribution in [0.3, 0.4) is 0 Å². The lowest BCUT2D eigenvalue weighted by Gasteiger charge is -2.06. The number of rotatable bonds is 2. The highest BCUT2D eigenvalue weighted by Crippen LogP contribution is 1.80. The standard InChI is InChI=1S/C4H7N2O/c1-2-4(5,6)3-7/h2H,1,5-6H2. The lowest BCUT2D eigenvalue weighted by atomic mass is 10.2. The molecule has 0 aliphatic rings. The van der Waals surface area contributed by atoms with Gasteiger partial charge >= 0.3 is 0 Å². The molecule has 4 N–H and O–H groups in total. The largest absolute Gasteiger partial charge is 0.303 e. The molecule has 3 nitrogen and oxygen atoms in total. The summed E-state index contributed by atoms with van der Waals surface area (Å²) in [5, 5.41) is 0. The van der Waals surface area contributed by atoms with E-state index in [0.717, 1.165) is 6.08 Å². The van der Waals surface area contributed by atoms with Crippen LogP contribution in [0.5, 0.6) is 0 Å². The van der Waals surface area contributed by atoms with E-state index in [9.17, 15) is 4.79 Å². The average Bonchev–Trinajstić information content (AvgIpc) is 1.68. The Morgan fingerprint density at radius 2 is 2.14 bits per heavy atom. The fourth-order valence-corrected chi connectivity index (χ4v) is 0.0417. The quantitative estimate of drug-likeness (QED) is 0.341. The van der Waals surface area contributed by atoms with Gasteiger partial charge in [0.1, 0.15) is 0 Å². The average molecular weight is 99.1 g/mol. The summed E-state index contributed by atoms with van der Waals surface area (Å²) in [5.74, 6) is 0. The van der Waals surface area contributed by atoms with Crippen LogP contribution >= 0.6 is 0 Å². The van der Waals surface area contributed by atoms with E-state index < -0.39 is 5.66 Å². The van der Waals surface area contributed by atoms with Gasteiger partial charge in [0.25, 0.3) is 0 Å². The predicted octanol–water partition coefficient (Wildman–Crippen LogP) is -1.10. The lowest BCUT2D eigenvalue weighted by Crippen LogP contribution is -2.48. The molecule has 0 aliphatic carbocycles. The molecule has 0 aliphatic heterocycles. The molecule has 0 fully saturated rings. The van der Waals surface area contributed by atoms with Crippen LogP contribution in [-0.2, 0) is 4.79 Å². The highest BCUT2D eigenvalue weighted by Gasteiger charge is 2.11. The molecule has 3 heteroatoms. The fourth-order valence-electron chi connectivity index (χ4n) is 0.0417. The van der Waals surface area contributed by atoms with Gasteiger partial charge in [-0.1, -0.05) is 6.58 Å². The van der Waals surface area contributed by atoms with E-state index in [0.29, 0.717) is 0 Å². The van der Waals surface area contributed by atoms with E-state index in [1.165, 1.54) is 6.29 Å². The van der Waals surface area contributed by atoms with Crippen molar-refractivity contribution in [3.63, 3.8) is 0 Å². The zero-order chi connectivity index (χ0) is 5.91. The molecule has 0 saturated carbocycles. The molecule has 39 valence electrons.